The van der Waals surface area contributed by atoms with Crippen molar-refractivity contribution in [1.82, 2.24) is 58.5 Å². The van der Waals surface area contributed by atoms with E-state index in [4.69, 9.17) is 28.7 Å². The van der Waals surface area contributed by atoms with Crippen LogP contribution in [0.25, 0.3) is 0 Å². The average molecular weight is 1190 g/mol. The summed E-state index contributed by atoms with van der Waals surface area (Å²) < 4.78 is 0. The van der Waals surface area contributed by atoms with Crippen molar-refractivity contribution in [2.45, 2.75) is 191 Å². The van der Waals surface area contributed by atoms with Crippen LogP contribution in [-0.2, 0) is 59.2 Å². The number of amides is 11. The second-order valence-electron chi connectivity index (χ2n) is 21.9. The highest BCUT2D eigenvalue weighted by Crippen LogP contribution is 2.12. The van der Waals surface area contributed by atoms with Crippen molar-refractivity contribution >= 4 is 65.0 Å². The third-order valence-corrected chi connectivity index (χ3v) is 13.6. The van der Waals surface area contributed by atoms with Gasteiger partial charge in [-0.05, 0) is 115 Å². The topological polar surface area (TPSA) is 491 Å². The average Bonchev–Trinajstić information content (AvgIpc) is 3.63. The van der Waals surface area contributed by atoms with Crippen LogP contribution >= 0.6 is 0 Å². The van der Waals surface area contributed by atoms with Gasteiger partial charge in [0.15, 0.2) is 0 Å². The quantitative estimate of drug-likeness (QED) is 0.0348. The smallest absolute Gasteiger partial charge is 0.245 e. The van der Waals surface area contributed by atoms with E-state index in [0.29, 0.717) is 17.9 Å². The normalized spacial score (nSPS) is 22.7. The fraction of sp³-hybridized carbons (Fsp3) is 0.691. The molecule has 2 rings (SSSR count). The first kappa shape index (κ1) is 73.2. The van der Waals surface area contributed by atoms with E-state index >= 15 is 0 Å². The number of nitrogens with two attached hydrogens (primary N) is 5. The van der Waals surface area contributed by atoms with E-state index in [9.17, 15) is 63.0 Å². The second kappa shape index (κ2) is 38.9. The highest BCUT2D eigenvalue weighted by molar-refractivity contribution is 5.99. The molecule has 29 heteroatoms. The number of aliphatic hydroxyl groups is 2. The van der Waals surface area contributed by atoms with Crippen LogP contribution < -0.4 is 87.2 Å². The number of rotatable bonds is 28. The van der Waals surface area contributed by atoms with Gasteiger partial charge in [-0.1, -0.05) is 70.9 Å². The lowest BCUT2D eigenvalue weighted by atomic mass is 10.00. The minimum Gasteiger partial charge on any atom is -0.391 e. The Labute approximate surface area is 491 Å². The second-order valence-corrected chi connectivity index (χ2v) is 21.9. The van der Waals surface area contributed by atoms with Crippen molar-refractivity contribution in [1.29, 1.82) is 0 Å². The number of nitrogens with one attached hydrogen (secondary N) is 11. The van der Waals surface area contributed by atoms with Gasteiger partial charge in [0.05, 0.1) is 12.2 Å². The van der Waals surface area contributed by atoms with Crippen LogP contribution in [-0.4, -0.2) is 187 Å². The molecule has 0 unspecified atom stereocenters. The molecule has 0 saturated carbocycles. The van der Waals surface area contributed by atoms with Crippen LogP contribution in [0.2, 0.25) is 0 Å². The monoisotopic (exact) mass is 1190 g/mol. The first-order chi connectivity index (χ1) is 39.8. The van der Waals surface area contributed by atoms with Gasteiger partial charge in [-0.2, -0.15) is 0 Å². The highest BCUT2D eigenvalue weighted by Gasteiger charge is 2.37. The van der Waals surface area contributed by atoms with Crippen molar-refractivity contribution in [3.63, 3.8) is 0 Å². The van der Waals surface area contributed by atoms with Gasteiger partial charge in [0.25, 0.3) is 0 Å². The Bertz CT molecular complexity index is 2290. The van der Waals surface area contributed by atoms with Crippen LogP contribution in [0, 0.1) is 11.8 Å². The first-order valence-electron chi connectivity index (χ1n) is 29.0. The fourth-order valence-electron chi connectivity index (χ4n) is 8.98. The summed E-state index contributed by atoms with van der Waals surface area (Å²) >= 11 is 0. The summed E-state index contributed by atoms with van der Waals surface area (Å²) in [4.78, 5) is 154. The number of unbranched alkanes of at least 4 members (excludes halogenated alkanes) is 1. The molecule has 1 aromatic carbocycles. The summed E-state index contributed by atoms with van der Waals surface area (Å²) in [5.74, 6) is -9.52. The molecular formula is C55H96N16O13. The van der Waals surface area contributed by atoms with Gasteiger partial charge < -0.3 is 97.4 Å². The molecule has 0 radical (unpaired) electrons. The molecule has 23 N–H and O–H groups in total. The SMILES string of the molecule is CC(C)CCCCC(=O)N[C@@H](CCN)C(=O)N[C@H](C(=O)N[C@@H](CCN)C(=O)N[C@H]1CCNC(=O)[C@H]([C@@H](C)O)NC(=O)[C@@H](CCN)NC(=O)[C@H](CCN)NC(=O)[C@H](CC(C)C)NC(=O)[C@@H](Cc2ccccc2)NC(=O)[C@H](CCN)NC1=O)[C@@H](C)O. The summed E-state index contributed by atoms with van der Waals surface area (Å²) in [7, 11) is 0. The zero-order valence-corrected chi connectivity index (χ0v) is 49.5. The molecule has 0 aliphatic carbocycles. The Balaban J connectivity index is 2.69. The summed E-state index contributed by atoms with van der Waals surface area (Å²) in [5, 5.41) is 49.6. The Kier molecular flexibility index (Phi) is 33.9. The van der Waals surface area contributed by atoms with Crippen molar-refractivity contribution in [3.8, 4) is 0 Å². The summed E-state index contributed by atoms with van der Waals surface area (Å²) in [6.07, 6.45) is -2.10. The van der Waals surface area contributed by atoms with Crippen LogP contribution in [0.4, 0.5) is 0 Å². The van der Waals surface area contributed by atoms with Gasteiger partial charge >= 0.3 is 0 Å². The fourth-order valence-corrected chi connectivity index (χ4v) is 8.98. The number of hydrogen-bond acceptors (Lipinski definition) is 18. The summed E-state index contributed by atoms with van der Waals surface area (Å²) in [6.45, 7) is 8.92. The molecule has 1 aliphatic rings. The van der Waals surface area contributed by atoms with E-state index in [0.717, 1.165) is 12.8 Å². The molecule has 0 spiro atoms. The number of hydrogen-bond donors (Lipinski definition) is 18. The van der Waals surface area contributed by atoms with E-state index in [1.807, 2.05) is 0 Å². The summed E-state index contributed by atoms with van der Waals surface area (Å²) in [6, 6.07) is -6.23. The van der Waals surface area contributed by atoms with E-state index in [1.165, 1.54) is 13.8 Å². The maximum atomic E-state index is 14.5. The van der Waals surface area contributed by atoms with E-state index in [2.05, 4.69) is 72.3 Å². The van der Waals surface area contributed by atoms with Crippen LogP contribution in [0.1, 0.15) is 118 Å². The lowest BCUT2D eigenvalue weighted by Gasteiger charge is -2.29. The maximum Gasteiger partial charge on any atom is 0.245 e. The molecule has 1 saturated heterocycles. The Morgan fingerprint density at radius 1 is 0.536 bits per heavy atom. The molecule has 1 aliphatic heterocycles. The maximum absolute atomic E-state index is 14.5. The Hall–Kier alpha value is -6.89. The number of carbonyl (C=O) groups excluding carboxylic acids is 11. The molecule has 1 heterocycles. The standard InChI is InChI=1S/C55H96N16O13/c1-30(2)12-10-11-15-43(74)62-35(16-22-56)50(79)71-45(33(6)73)55(84)67-38(19-25-59)47(76)66-40-21-27-61-54(83)44(32(5)72)70-51(80)39(20-26-60)64-46(75)36(17-23-57)65-52(81)41(28-31(3)4)68-53(82)42(29-34-13-8-7-9-14-34)69-48(77)37(18-24-58)63-49(40)78/h7-9,13-14,30-33,35-42,44-45,72-73H,10-12,15-29,56-60H2,1-6H3,(H,61,83)(H,62,74)(H,63,78)(H,64,75)(H,65,81)(H,66,76)(H,67,84)(H,68,82)(H,69,77)(H,70,80)(H,71,79)/t32-,33-,35+,36+,37+,38+,39-,40+,41+,42-,44+,45+/m1/s1. The predicted molar refractivity (Wildman–Crippen MR) is 312 cm³/mol. The van der Waals surface area contributed by atoms with Gasteiger partial charge in [0.2, 0.25) is 65.0 Å². The predicted octanol–water partition coefficient (Wildman–Crippen LogP) is -5.63. The van der Waals surface area contributed by atoms with Crippen molar-refractivity contribution < 1.29 is 63.0 Å². The third kappa shape index (κ3) is 26.4. The lowest BCUT2D eigenvalue weighted by molar-refractivity contribution is -0.137. The van der Waals surface area contributed by atoms with Gasteiger partial charge in [-0.25, -0.2) is 0 Å². The van der Waals surface area contributed by atoms with E-state index < -0.39 is 151 Å². The zero-order chi connectivity index (χ0) is 63.1. The lowest BCUT2D eigenvalue weighted by Crippen LogP contribution is -2.62. The van der Waals surface area contributed by atoms with E-state index in [1.54, 1.807) is 44.2 Å². The van der Waals surface area contributed by atoms with E-state index in [-0.39, 0.29) is 90.0 Å². The summed E-state index contributed by atoms with van der Waals surface area (Å²) in [5.41, 5.74) is 29.9. The van der Waals surface area contributed by atoms with Crippen molar-refractivity contribution in [3.05, 3.63) is 35.9 Å². The number of aliphatic hydroxyl groups excluding tert-OH is 2. The molecule has 12 atom stereocenters. The highest BCUT2D eigenvalue weighted by atomic mass is 16.3. The first-order valence-corrected chi connectivity index (χ1v) is 29.0. The van der Waals surface area contributed by atoms with Crippen LogP contribution in [0.3, 0.4) is 0 Å². The molecule has 11 amide bonds. The molecule has 474 valence electrons. The van der Waals surface area contributed by atoms with Gasteiger partial charge in [-0.3, -0.25) is 52.7 Å². The zero-order valence-electron chi connectivity index (χ0n) is 49.5. The van der Waals surface area contributed by atoms with Crippen molar-refractivity contribution in [2.75, 3.05) is 39.3 Å². The Morgan fingerprint density at radius 2 is 1.02 bits per heavy atom. The minimum atomic E-state index is -1.70. The molecule has 0 aromatic heterocycles. The Morgan fingerprint density at radius 3 is 1.52 bits per heavy atom. The number of benzene rings is 1. The van der Waals surface area contributed by atoms with Crippen molar-refractivity contribution in [2.24, 2.45) is 40.5 Å². The number of carbonyl (C=O) groups is 11. The molecule has 1 fully saturated rings. The van der Waals surface area contributed by atoms with Crippen LogP contribution in [0.15, 0.2) is 30.3 Å². The molecular weight excluding hydrogens is 1090 g/mol. The third-order valence-electron chi connectivity index (χ3n) is 13.6. The van der Waals surface area contributed by atoms with Gasteiger partial charge in [0, 0.05) is 19.4 Å². The van der Waals surface area contributed by atoms with Gasteiger partial charge in [-0.15, -0.1) is 0 Å². The molecule has 29 nitrogen and oxygen atoms in total. The molecule has 1 aromatic rings. The minimum absolute atomic E-state index is 0.0181. The molecule has 84 heavy (non-hydrogen) atoms. The largest absolute Gasteiger partial charge is 0.391 e. The van der Waals surface area contributed by atoms with Gasteiger partial charge in [0.1, 0.15) is 60.4 Å². The van der Waals surface area contributed by atoms with Crippen LogP contribution in [0.5, 0.6) is 0 Å². The molecule has 0 bridgehead atoms.